The number of amides is 2. The maximum absolute atomic E-state index is 14.2. The van der Waals surface area contributed by atoms with Crippen LogP contribution in [-0.2, 0) is 27.3 Å². The summed E-state index contributed by atoms with van der Waals surface area (Å²) in [4.78, 5) is 30.7. The Hall–Kier alpha value is -3.13. The summed E-state index contributed by atoms with van der Waals surface area (Å²) in [7, 11) is 0. The number of carbonyl (C=O) groups is 2. The van der Waals surface area contributed by atoms with Crippen molar-refractivity contribution in [2.75, 3.05) is 37.8 Å². The molecule has 1 aliphatic carbocycles. The van der Waals surface area contributed by atoms with E-state index in [0.717, 1.165) is 55.5 Å². The molecule has 1 aliphatic heterocycles. The zero-order valence-electron chi connectivity index (χ0n) is 24.2. The van der Waals surface area contributed by atoms with E-state index in [1.54, 1.807) is 11.0 Å². The number of rotatable bonds is 11. The minimum atomic E-state index is -0.610. The van der Waals surface area contributed by atoms with Crippen LogP contribution in [0.2, 0.25) is 0 Å². The molecule has 2 aliphatic rings. The lowest BCUT2D eigenvalue weighted by Gasteiger charge is -2.35. The zero-order chi connectivity index (χ0) is 28.5. The molecule has 2 aromatic rings. The van der Waals surface area contributed by atoms with Gasteiger partial charge in [0.2, 0.25) is 5.91 Å². The maximum atomic E-state index is 14.2. The van der Waals surface area contributed by atoms with Crippen LogP contribution in [0.1, 0.15) is 64.0 Å². The number of carbonyl (C=O) groups excluding carboxylic acids is 2. The molecule has 1 saturated carbocycles. The van der Waals surface area contributed by atoms with Gasteiger partial charge in [0.25, 0.3) is 0 Å². The van der Waals surface area contributed by atoms with Crippen LogP contribution >= 0.6 is 0 Å². The second-order valence-electron chi connectivity index (χ2n) is 12.0. The fourth-order valence-corrected chi connectivity index (χ4v) is 5.73. The van der Waals surface area contributed by atoms with E-state index in [-0.39, 0.29) is 36.8 Å². The number of ether oxygens (including phenoxy) is 2. The molecule has 1 N–H and O–H groups in total. The van der Waals surface area contributed by atoms with Crippen molar-refractivity contribution in [3.63, 3.8) is 0 Å². The molecule has 0 saturated heterocycles. The van der Waals surface area contributed by atoms with E-state index in [1.807, 2.05) is 57.2 Å². The Kier molecular flexibility index (Phi) is 10.4. The summed E-state index contributed by atoms with van der Waals surface area (Å²) in [6.07, 6.45) is 5.57. The molecule has 0 bridgehead atoms. The molecule has 2 aromatic carbocycles. The lowest BCUT2D eigenvalue weighted by molar-refractivity contribution is -0.143. The molecule has 2 amide bonds. The molecular weight excluding hydrogens is 509 g/mol. The molecule has 0 spiro atoms. The number of anilines is 1. The number of fused-ring (bicyclic) bond motifs is 1. The number of nitrogens with zero attached hydrogens (tertiary/aromatic N) is 2. The average molecular weight is 554 g/mol. The van der Waals surface area contributed by atoms with Crippen molar-refractivity contribution in [2.24, 2.45) is 11.8 Å². The van der Waals surface area contributed by atoms with Gasteiger partial charge in [0.1, 0.15) is 18.1 Å². The number of nitrogens with one attached hydrogen (secondary N) is 1. The molecule has 1 atom stereocenters. The smallest absolute Gasteiger partial charge is 0.407 e. The van der Waals surface area contributed by atoms with Gasteiger partial charge in [-0.3, -0.25) is 4.79 Å². The Morgan fingerprint density at radius 1 is 1.10 bits per heavy atom. The second-order valence-corrected chi connectivity index (χ2v) is 12.0. The topological polar surface area (TPSA) is 71.1 Å². The van der Waals surface area contributed by atoms with Gasteiger partial charge in [0.05, 0.1) is 12.5 Å². The lowest BCUT2D eigenvalue weighted by Crippen LogP contribution is -2.48. The molecule has 0 aromatic heterocycles. The monoisotopic (exact) mass is 553 g/mol. The molecule has 4 rings (SSSR count). The predicted molar refractivity (Wildman–Crippen MR) is 154 cm³/mol. The molecule has 0 unspecified atom stereocenters. The summed E-state index contributed by atoms with van der Waals surface area (Å²) in [5, 5.41) is 2.87. The SMILES string of the molecule is CC(C)(C)OC(=O)NC[C@H](C(=O)N(CCN1CCc2cc(F)ccc21)COCc1ccccc1)C1CCCCC1. The highest BCUT2D eigenvalue weighted by molar-refractivity contribution is 5.80. The summed E-state index contributed by atoms with van der Waals surface area (Å²) in [6.45, 7) is 8.16. The molecule has 40 heavy (non-hydrogen) atoms. The fraction of sp³-hybridized carbons (Fsp3) is 0.562. The third-order valence-electron chi connectivity index (χ3n) is 7.74. The van der Waals surface area contributed by atoms with Crippen molar-refractivity contribution in [1.29, 1.82) is 0 Å². The van der Waals surface area contributed by atoms with Crippen LogP contribution in [0.3, 0.4) is 0 Å². The van der Waals surface area contributed by atoms with Crippen molar-refractivity contribution in [2.45, 2.75) is 71.5 Å². The standard InChI is InChI=1S/C32H44FN3O4/c1-32(2,3)40-31(38)34-21-28(25-12-8-5-9-13-25)30(37)36(23-39-22-24-10-6-4-7-11-24)19-18-35-17-16-26-20-27(33)14-15-29(26)35/h4,6-7,10-11,14-15,20,25,28H,5,8-9,12-13,16-19,21-23H2,1-3H3,(H,34,38)/t28-/m0/s1. The number of alkyl carbamates (subject to hydrolysis) is 1. The highest BCUT2D eigenvalue weighted by Gasteiger charge is 2.34. The molecule has 218 valence electrons. The number of halogens is 1. The van der Waals surface area contributed by atoms with E-state index in [9.17, 15) is 14.0 Å². The van der Waals surface area contributed by atoms with Gasteiger partial charge in [-0.05, 0) is 75.3 Å². The van der Waals surface area contributed by atoms with E-state index in [0.29, 0.717) is 19.7 Å². The van der Waals surface area contributed by atoms with Gasteiger partial charge in [-0.2, -0.15) is 0 Å². The zero-order valence-corrected chi connectivity index (χ0v) is 24.2. The number of hydrogen-bond acceptors (Lipinski definition) is 5. The van der Waals surface area contributed by atoms with Gasteiger partial charge in [-0.25, -0.2) is 9.18 Å². The normalized spacial score (nSPS) is 16.4. The van der Waals surface area contributed by atoms with Gasteiger partial charge in [-0.1, -0.05) is 49.6 Å². The van der Waals surface area contributed by atoms with Gasteiger partial charge in [0.15, 0.2) is 0 Å². The van der Waals surface area contributed by atoms with E-state index in [4.69, 9.17) is 9.47 Å². The van der Waals surface area contributed by atoms with E-state index >= 15 is 0 Å². The summed E-state index contributed by atoms with van der Waals surface area (Å²) in [5.41, 5.74) is 2.45. The fourth-order valence-electron chi connectivity index (χ4n) is 5.73. The average Bonchev–Trinajstić information content (AvgIpc) is 3.32. The Bertz CT molecular complexity index is 1110. The van der Waals surface area contributed by atoms with Crippen LogP contribution in [0.4, 0.5) is 14.9 Å². The second kappa shape index (κ2) is 14.0. The van der Waals surface area contributed by atoms with Crippen LogP contribution in [0.25, 0.3) is 0 Å². The first kappa shape index (κ1) is 29.8. The van der Waals surface area contributed by atoms with E-state index in [1.165, 1.54) is 12.5 Å². The van der Waals surface area contributed by atoms with Crippen molar-refractivity contribution < 1.29 is 23.5 Å². The summed E-state index contributed by atoms with van der Waals surface area (Å²) in [6, 6.07) is 14.8. The van der Waals surface area contributed by atoms with E-state index < -0.39 is 11.7 Å². The van der Waals surface area contributed by atoms with Crippen LogP contribution in [0.15, 0.2) is 48.5 Å². The Morgan fingerprint density at radius 2 is 1.85 bits per heavy atom. The first-order valence-electron chi connectivity index (χ1n) is 14.6. The summed E-state index contributed by atoms with van der Waals surface area (Å²) < 4.78 is 25.3. The first-order valence-corrected chi connectivity index (χ1v) is 14.6. The summed E-state index contributed by atoms with van der Waals surface area (Å²) >= 11 is 0. The summed E-state index contributed by atoms with van der Waals surface area (Å²) in [5.74, 6) is -0.384. The first-order chi connectivity index (χ1) is 19.2. The van der Waals surface area contributed by atoms with Crippen molar-refractivity contribution in [3.8, 4) is 0 Å². The molecular formula is C32H44FN3O4. The molecule has 7 nitrogen and oxygen atoms in total. The quantitative estimate of drug-likeness (QED) is 0.350. The third kappa shape index (κ3) is 8.68. The molecule has 1 heterocycles. The van der Waals surface area contributed by atoms with Crippen LogP contribution in [0, 0.1) is 17.7 Å². The van der Waals surface area contributed by atoms with Crippen LogP contribution in [-0.4, -0.2) is 55.4 Å². The minimum absolute atomic E-state index is 0.00505. The van der Waals surface area contributed by atoms with Crippen LogP contribution in [0.5, 0.6) is 0 Å². The lowest BCUT2D eigenvalue weighted by atomic mass is 9.79. The van der Waals surface area contributed by atoms with Crippen molar-refractivity contribution >= 4 is 17.7 Å². The van der Waals surface area contributed by atoms with Gasteiger partial charge in [0, 0.05) is 31.9 Å². The van der Waals surface area contributed by atoms with E-state index in [2.05, 4.69) is 10.2 Å². The highest BCUT2D eigenvalue weighted by atomic mass is 19.1. The highest BCUT2D eigenvalue weighted by Crippen LogP contribution is 2.32. The maximum Gasteiger partial charge on any atom is 0.407 e. The van der Waals surface area contributed by atoms with Crippen LogP contribution < -0.4 is 10.2 Å². The minimum Gasteiger partial charge on any atom is -0.444 e. The number of hydrogen-bond donors (Lipinski definition) is 1. The van der Waals surface area contributed by atoms with Crippen molar-refractivity contribution in [3.05, 3.63) is 65.5 Å². The Morgan fingerprint density at radius 3 is 2.58 bits per heavy atom. The van der Waals surface area contributed by atoms with Gasteiger partial charge >= 0.3 is 6.09 Å². The van der Waals surface area contributed by atoms with Gasteiger partial charge < -0.3 is 24.6 Å². The number of benzene rings is 2. The third-order valence-corrected chi connectivity index (χ3v) is 7.74. The Labute approximate surface area is 238 Å². The van der Waals surface area contributed by atoms with Gasteiger partial charge in [-0.15, -0.1) is 0 Å². The molecule has 0 radical (unpaired) electrons. The van der Waals surface area contributed by atoms with Crippen molar-refractivity contribution in [1.82, 2.24) is 10.2 Å². The largest absolute Gasteiger partial charge is 0.444 e. The Balaban J connectivity index is 1.47. The predicted octanol–water partition coefficient (Wildman–Crippen LogP) is 5.91. The molecule has 8 heteroatoms. The molecule has 1 fully saturated rings.